The molecule has 2 N–H and O–H groups in total. The third kappa shape index (κ3) is 3.95. The van der Waals surface area contributed by atoms with Gasteiger partial charge in [0.2, 0.25) is 0 Å². The molecule has 4 aliphatic carbocycles. The van der Waals surface area contributed by atoms with Crippen molar-refractivity contribution in [1.29, 1.82) is 0 Å². The summed E-state index contributed by atoms with van der Waals surface area (Å²) in [6, 6.07) is 8.39. The van der Waals surface area contributed by atoms with Crippen molar-refractivity contribution in [2.24, 2.45) is 29.4 Å². The van der Waals surface area contributed by atoms with Gasteiger partial charge in [0.05, 0.1) is 0 Å². The van der Waals surface area contributed by atoms with E-state index in [4.69, 9.17) is 5.73 Å². The Morgan fingerprint density at radius 3 is 2.30 bits per heavy atom. The van der Waals surface area contributed by atoms with E-state index in [0.29, 0.717) is 24.8 Å². The van der Waals surface area contributed by atoms with Crippen molar-refractivity contribution in [2.45, 2.75) is 56.5 Å². The lowest BCUT2D eigenvalue weighted by Gasteiger charge is -2.61. The van der Waals surface area contributed by atoms with Gasteiger partial charge in [0.1, 0.15) is 12.7 Å². The van der Waals surface area contributed by atoms with E-state index in [1.54, 1.807) is 0 Å². The maximum atomic E-state index is 10.7. The average molecular weight is 419 g/mol. The zero-order valence-corrected chi connectivity index (χ0v) is 17.0. The largest absolute Gasteiger partial charge is 0.330 e. The molecular formula is C21H29N3O6. The molecule has 1 aromatic rings. The highest BCUT2D eigenvalue weighted by Crippen LogP contribution is 2.62. The van der Waals surface area contributed by atoms with Crippen LogP contribution in [0.15, 0.2) is 24.3 Å². The van der Waals surface area contributed by atoms with Gasteiger partial charge in [-0.1, -0.05) is 24.3 Å². The molecule has 1 atom stereocenters. The molecule has 0 saturated heterocycles. The molecule has 9 heteroatoms. The molecule has 30 heavy (non-hydrogen) atoms. The SMILES string of the molecule is NCC1(c2cccc(CCC(CO[N+](=O)[O-])O[N+](=O)[O-])c2)C2CC3CC(C2)CC1C3. The van der Waals surface area contributed by atoms with Crippen LogP contribution in [0.4, 0.5) is 0 Å². The summed E-state index contributed by atoms with van der Waals surface area (Å²) in [4.78, 5) is 30.0. The summed E-state index contributed by atoms with van der Waals surface area (Å²) in [6.07, 6.45) is 6.24. The van der Waals surface area contributed by atoms with Gasteiger partial charge < -0.3 is 15.4 Å². The molecule has 4 bridgehead atoms. The first-order valence-corrected chi connectivity index (χ1v) is 10.8. The normalized spacial score (nSPS) is 32.6. The Hall–Kier alpha value is -2.42. The second-order valence-electron chi connectivity index (χ2n) is 9.26. The fourth-order valence-electron chi connectivity index (χ4n) is 6.72. The van der Waals surface area contributed by atoms with E-state index in [0.717, 1.165) is 17.4 Å². The lowest BCUT2D eigenvalue weighted by Crippen LogP contribution is -2.58. The van der Waals surface area contributed by atoms with Gasteiger partial charge in [0.15, 0.2) is 0 Å². The van der Waals surface area contributed by atoms with Gasteiger partial charge in [-0.05, 0) is 79.7 Å². The van der Waals surface area contributed by atoms with Crippen molar-refractivity contribution < 1.29 is 19.8 Å². The van der Waals surface area contributed by atoms with Crippen molar-refractivity contribution in [3.8, 4) is 0 Å². The van der Waals surface area contributed by atoms with Crippen LogP contribution in [-0.4, -0.2) is 29.4 Å². The minimum Gasteiger partial charge on any atom is -0.330 e. The molecule has 1 unspecified atom stereocenters. The number of benzene rings is 1. The van der Waals surface area contributed by atoms with Crippen LogP contribution in [0, 0.1) is 43.9 Å². The number of rotatable bonds is 10. The maximum Gasteiger partial charge on any atom is 0.294 e. The fourth-order valence-corrected chi connectivity index (χ4v) is 6.72. The lowest BCUT2D eigenvalue weighted by molar-refractivity contribution is -0.790. The molecular weight excluding hydrogens is 390 g/mol. The number of hydrogen-bond donors (Lipinski definition) is 1. The Morgan fingerprint density at radius 1 is 1.07 bits per heavy atom. The van der Waals surface area contributed by atoms with Gasteiger partial charge in [-0.3, -0.25) is 0 Å². The molecule has 4 aliphatic rings. The molecule has 1 aromatic carbocycles. The van der Waals surface area contributed by atoms with Crippen LogP contribution in [0.5, 0.6) is 0 Å². The number of aryl methyl sites for hydroxylation is 1. The Bertz CT molecular complexity index is 773. The molecule has 0 aromatic heterocycles. The van der Waals surface area contributed by atoms with Crippen molar-refractivity contribution in [2.75, 3.05) is 13.2 Å². The molecule has 0 spiro atoms. The first-order valence-electron chi connectivity index (χ1n) is 10.8. The summed E-state index contributed by atoms with van der Waals surface area (Å²) < 4.78 is 0. The van der Waals surface area contributed by atoms with Crippen molar-refractivity contribution in [1.82, 2.24) is 0 Å². The van der Waals surface area contributed by atoms with E-state index in [1.165, 1.54) is 37.7 Å². The molecule has 9 nitrogen and oxygen atoms in total. The van der Waals surface area contributed by atoms with Crippen LogP contribution in [0.1, 0.15) is 49.7 Å². The Morgan fingerprint density at radius 2 is 1.73 bits per heavy atom. The van der Waals surface area contributed by atoms with Crippen LogP contribution in [-0.2, 0) is 21.5 Å². The van der Waals surface area contributed by atoms with Crippen LogP contribution in [0.2, 0.25) is 0 Å². The van der Waals surface area contributed by atoms with E-state index < -0.39 is 22.9 Å². The number of nitrogens with zero attached hydrogens (tertiary/aromatic N) is 2. The van der Waals surface area contributed by atoms with Crippen LogP contribution < -0.4 is 5.73 Å². The quantitative estimate of drug-likeness (QED) is 0.455. The topological polar surface area (TPSA) is 131 Å². The molecule has 164 valence electrons. The molecule has 5 rings (SSSR count). The van der Waals surface area contributed by atoms with E-state index in [2.05, 4.69) is 21.8 Å². The zero-order valence-electron chi connectivity index (χ0n) is 17.0. The minimum absolute atomic E-state index is 0.0227. The third-order valence-electron chi connectivity index (χ3n) is 7.75. The molecule has 0 aliphatic heterocycles. The average Bonchev–Trinajstić information content (AvgIpc) is 2.70. The summed E-state index contributed by atoms with van der Waals surface area (Å²) in [5, 5.41) is 19.2. The first kappa shape index (κ1) is 20.8. The minimum atomic E-state index is -0.987. The van der Waals surface area contributed by atoms with Gasteiger partial charge in [0.25, 0.3) is 10.2 Å². The van der Waals surface area contributed by atoms with Gasteiger partial charge in [-0.25, -0.2) is 0 Å². The van der Waals surface area contributed by atoms with E-state index >= 15 is 0 Å². The lowest BCUT2D eigenvalue weighted by atomic mass is 9.44. The Kier molecular flexibility index (Phi) is 5.81. The predicted molar refractivity (Wildman–Crippen MR) is 107 cm³/mol. The van der Waals surface area contributed by atoms with Crippen molar-refractivity contribution in [3.05, 3.63) is 55.6 Å². The Balaban J connectivity index is 1.49. The molecule has 4 saturated carbocycles. The van der Waals surface area contributed by atoms with Crippen LogP contribution in [0.25, 0.3) is 0 Å². The van der Waals surface area contributed by atoms with Gasteiger partial charge >= 0.3 is 0 Å². The molecule has 0 radical (unpaired) electrons. The predicted octanol–water partition coefficient (Wildman–Crippen LogP) is 3.06. The monoisotopic (exact) mass is 419 g/mol. The zero-order chi connectivity index (χ0) is 21.3. The smallest absolute Gasteiger partial charge is 0.294 e. The maximum absolute atomic E-state index is 10.7. The van der Waals surface area contributed by atoms with Gasteiger partial charge in [0, 0.05) is 12.0 Å². The molecule has 0 heterocycles. The second kappa shape index (κ2) is 8.37. The van der Waals surface area contributed by atoms with Crippen LogP contribution >= 0.6 is 0 Å². The summed E-state index contributed by atoms with van der Waals surface area (Å²) in [7, 11) is 0. The Labute approximate surface area is 175 Å². The highest BCUT2D eigenvalue weighted by atomic mass is 17.0. The summed E-state index contributed by atoms with van der Waals surface area (Å²) in [5.41, 5.74) is 8.78. The van der Waals surface area contributed by atoms with Gasteiger partial charge in [-0.2, -0.15) is 0 Å². The third-order valence-corrected chi connectivity index (χ3v) is 7.75. The summed E-state index contributed by atoms with van der Waals surface area (Å²) in [5.74, 6) is 2.98. The summed E-state index contributed by atoms with van der Waals surface area (Å²) in [6.45, 7) is 0.183. The van der Waals surface area contributed by atoms with E-state index in [-0.39, 0.29) is 11.8 Å². The van der Waals surface area contributed by atoms with Crippen molar-refractivity contribution in [3.63, 3.8) is 0 Å². The van der Waals surface area contributed by atoms with Gasteiger partial charge in [-0.15, -0.1) is 20.2 Å². The van der Waals surface area contributed by atoms with Crippen molar-refractivity contribution >= 4 is 0 Å². The van der Waals surface area contributed by atoms with E-state index in [1.807, 2.05) is 12.1 Å². The first-order chi connectivity index (χ1) is 14.4. The van der Waals surface area contributed by atoms with Crippen LogP contribution in [0.3, 0.4) is 0 Å². The summed E-state index contributed by atoms with van der Waals surface area (Å²) >= 11 is 0. The number of nitrogens with two attached hydrogens (primary N) is 1. The highest BCUT2D eigenvalue weighted by molar-refractivity contribution is 5.35. The fraction of sp³-hybridized carbons (Fsp3) is 0.714. The molecule has 0 amide bonds. The number of hydrogen-bond acceptors (Lipinski definition) is 7. The highest BCUT2D eigenvalue weighted by Gasteiger charge is 2.57. The second-order valence-corrected chi connectivity index (χ2v) is 9.26. The standard InChI is InChI=1S/C21H29N3O6/c22-13-21(18-8-15-6-16(10-18)11-19(21)9-15)17-3-1-2-14(7-17)4-5-20(30-24(27)28)12-29-23(25)26/h1-3,7,15-16,18-20H,4-6,8-13,22H2. The molecule has 4 fully saturated rings. The van der Waals surface area contributed by atoms with E-state index in [9.17, 15) is 20.2 Å².